The molecule has 0 saturated carbocycles. The Balaban J connectivity index is 1.48. The van der Waals surface area contributed by atoms with E-state index in [1.54, 1.807) is 24.5 Å². The Hall–Kier alpha value is -2.91. The third-order valence-electron chi connectivity index (χ3n) is 5.14. The summed E-state index contributed by atoms with van der Waals surface area (Å²) < 4.78 is 29.8. The molecule has 0 aliphatic carbocycles. The van der Waals surface area contributed by atoms with Crippen LogP contribution < -0.4 is 15.0 Å². The number of H-pyrrole nitrogens is 1. The number of aliphatic hydroxyl groups excluding tert-OH is 1. The minimum absolute atomic E-state index is 0.0232. The van der Waals surface area contributed by atoms with Crippen LogP contribution in [0.15, 0.2) is 48.8 Å². The van der Waals surface area contributed by atoms with Crippen molar-refractivity contribution in [2.45, 2.75) is 18.5 Å². The van der Waals surface area contributed by atoms with E-state index in [0.717, 1.165) is 47.8 Å². The van der Waals surface area contributed by atoms with Crippen molar-refractivity contribution < 1.29 is 18.6 Å². The van der Waals surface area contributed by atoms with E-state index in [1.165, 1.54) is 12.1 Å². The zero-order valence-corrected chi connectivity index (χ0v) is 17.3. The van der Waals surface area contributed by atoms with Crippen molar-refractivity contribution in [2.24, 2.45) is 5.92 Å². The molecule has 1 aliphatic heterocycles. The van der Waals surface area contributed by atoms with E-state index in [9.17, 15) is 13.9 Å². The summed E-state index contributed by atoms with van der Waals surface area (Å²) in [6.07, 6.45) is 4.43. The molecule has 1 aliphatic rings. The van der Waals surface area contributed by atoms with Gasteiger partial charge < -0.3 is 20.1 Å². The molecule has 0 spiro atoms. The van der Waals surface area contributed by atoms with Crippen molar-refractivity contribution in [3.63, 3.8) is 0 Å². The van der Waals surface area contributed by atoms with Crippen molar-refractivity contribution in [3.8, 4) is 17.0 Å². The molecule has 164 valence electrons. The predicted octanol–water partition coefficient (Wildman–Crippen LogP) is 4.07. The van der Waals surface area contributed by atoms with Gasteiger partial charge >= 0.3 is 5.57 Å². The molecule has 0 bridgehead atoms. The summed E-state index contributed by atoms with van der Waals surface area (Å²) in [5.41, 5.74) is -0.261. The van der Waals surface area contributed by atoms with Crippen LogP contribution in [0.4, 0.5) is 20.3 Å². The Morgan fingerprint density at radius 3 is 2.74 bits per heavy atom. The quantitative estimate of drug-likeness (QED) is 0.449. The van der Waals surface area contributed by atoms with Crippen LogP contribution in [0.25, 0.3) is 11.3 Å². The highest BCUT2D eigenvalue weighted by atomic mass is 35.5. The van der Waals surface area contributed by atoms with Gasteiger partial charge in [0.1, 0.15) is 11.6 Å². The molecule has 3 aromatic rings. The van der Waals surface area contributed by atoms with Crippen molar-refractivity contribution in [2.75, 3.05) is 29.9 Å². The van der Waals surface area contributed by atoms with Gasteiger partial charge in [-0.15, -0.1) is 8.78 Å². The third-order valence-corrected chi connectivity index (χ3v) is 5.22. The Bertz CT molecular complexity index is 996. The smallest absolute Gasteiger partial charge is 0.420 e. The van der Waals surface area contributed by atoms with E-state index in [1.807, 2.05) is 12.1 Å². The van der Waals surface area contributed by atoms with Crippen LogP contribution in [0.2, 0.25) is 0 Å². The minimum atomic E-state index is -3.74. The first-order valence-corrected chi connectivity index (χ1v) is 10.2. The molecule has 0 radical (unpaired) electrons. The van der Waals surface area contributed by atoms with Crippen LogP contribution >= 0.6 is 11.6 Å². The normalized spacial score (nSPS) is 16.5. The fraction of sp³-hybridized carbons (Fsp3) is 0.333. The number of rotatable bonds is 8. The fourth-order valence-electron chi connectivity index (χ4n) is 3.61. The highest BCUT2D eigenvalue weighted by molar-refractivity contribution is 6.20. The number of nitrogens with zero attached hydrogens (tertiary/aromatic N) is 3. The number of ether oxygens (including phenoxy) is 1. The summed E-state index contributed by atoms with van der Waals surface area (Å²) in [4.78, 5) is 6.87. The molecule has 0 amide bonds. The molecular weight excluding hydrogens is 428 g/mol. The summed E-state index contributed by atoms with van der Waals surface area (Å²) in [6.45, 7) is 2.26. The first-order chi connectivity index (χ1) is 14.9. The first-order valence-electron chi connectivity index (χ1n) is 9.85. The summed E-state index contributed by atoms with van der Waals surface area (Å²) >= 11 is 4.78. The van der Waals surface area contributed by atoms with Gasteiger partial charge in [0, 0.05) is 67.4 Å². The first kappa shape index (κ1) is 21.3. The zero-order valence-electron chi connectivity index (χ0n) is 16.6. The van der Waals surface area contributed by atoms with Gasteiger partial charge in [0.05, 0.1) is 5.69 Å². The second kappa shape index (κ2) is 9.07. The van der Waals surface area contributed by atoms with E-state index in [2.05, 4.69) is 25.2 Å². The van der Waals surface area contributed by atoms with Gasteiger partial charge in [0.25, 0.3) is 0 Å². The van der Waals surface area contributed by atoms with E-state index >= 15 is 0 Å². The lowest BCUT2D eigenvalue weighted by Gasteiger charge is -2.21. The van der Waals surface area contributed by atoms with Crippen molar-refractivity contribution in [3.05, 3.63) is 54.4 Å². The molecule has 3 heterocycles. The number of halogens is 3. The number of hydrogen-bond acceptors (Lipinski definition) is 6. The summed E-state index contributed by atoms with van der Waals surface area (Å²) in [5, 5.41) is 19.7. The Labute approximate surface area is 183 Å². The molecular formula is C21H22ClF2N5O2. The number of aromatic nitrogens is 3. The SMILES string of the molecule is OCC1CCN(c2ncc(CNc3ccc(OC(F)(F)Cl)cc3)cc2-c2ccn[nH]2)C1. The van der Waals surface area contributed by atoms with Gasteiger partial charge in [0.2, 0.25) is 0 Å². The van der Waals surface area contributed by atoms with Crippen LogP contribution in [0.1, 0.15) is 12.0 Å². The maximum absolute atomic E-state index is 12.7. The number of aliphatic hydroxyl groups is 1. The number of aromatic amines is 1. The van der Waals surface area contributed by atoms with Crippen LogP contribution in [-0.4, -0.2) is 45.6 Å². The second-order valence-corrected chi connectivity index (χ2v) is 7.83. The summed E-state index contributed by atoms with van der Waals surface area (Å²) in [5.74, 6) is 1.08. The maximum atomic E-state index is 12.7. The van der Waals surface area contributed by atoms with Crippen LogP contribution in [0.3, 0.4) is 0 Å². The Morgan fingerprint density at radius 1 is 1.29 bits per heavy atom. The Kier molecular flexibility index (Phi) is 6.24. The molecule has 3 N–H and O–H groups in total. The summed E-state index contributed by atoms with van der Waals surface area (Å²) in [6, 6.07) is 10.0. The summed E-state index contributed by atoms with van der Waals surface area (Å²) in [7, 11) is 0. The van der Waals surface area contributed by atoms with E-state index in [-0.39, 0.29) is 18.3 Å². The molecule has 1 atom stereocenters. The second-order valence-electron chi connectivity index (χ2n) is 7.39. The van der Waals surface area contributed by atoms with Gasteiger partial charge in [0.15, 0.2) is 0 Å². The highest BCUT2D eigenvalue weighted by Crippen LogP contribution is 2.32. The number of anilines is 2. The molecule has 1 saturated heterocycles. The van der Waals surface area contributed by atoms with Gasteiger partial charge in [-0.2, -0.15) is 5.10 Å². The van der Waals surface area contributed by atoms with Gasteiger partial charge in [-0.25, -0.2) is 4.98 Å². The molecule has 10 heteroatoms. The average molecular weight is 450 g/mol. The lowest BCUT2D eigenvalue weighted by atomic mass is 10.1. The largest absolute Gasteiger partial charge is 0.487 e. The molecule has 7 nitrogen and oxygen atoms in total. The van der Waals surface area contributed by atoms with E-state index in [4.69, 9.17) is 16.6 Å². The highest BCUT2D eigenvalue weighted by Gasteiger charge is 2.27. The molecule has 1 aromatic carbocycles. The van der Waals surface area contributed by atoms with Crippen molar-refractivity contribution in [1.82, 2.24) is 15.2 Å². The van der Waals surface area contributed by atoms with Gasteiger partial charge in [-0.3, -0.25) is 5.10 Å². The third kappa shape index (κ3) is 5.42. The molecule has 4 rings (SSSR count). The molecule has 2 aromatic heterocycles. The van der Waals surface area contributed by atoms with Crippen molar-refractivity contribution >= 4 is 23.1 Å². The van der Waals surface area contributed by atoms with Gasteiger partial charge in [-0.05, 0) is 48.4 Å². The average Bonchev–Trinajstić information content (AvgIpc) is 3.44. The number of pyridine rings is 1. The predicted molar refractivity (Wildman–Crippen MR) is 114 cm³/mol. The monoisotopic (exact) mass is 449 g/mol. The number of benzene rings is 1. The molecule has 1 fully saturated rings. The number of alkyl halides is 3. The molecule has 1 unspecified atom stereocenters. The lowest BCUT2D eigenvalue weighted by molar-refractivity contribution is -0.0964. The number of nitrogens with one attached hydrogen (secondary N) is 2. The lowest BCUT2D eigenvalue weighted by Crippen LogP contribution is -2.22. The molecule has 31 heavy (non-hydrogen) atoms. The maximum Gasteiger partial charge on any atom is 0.487 e. The van der Waals surface area contributed by atoms with Crippen molar-refractivity contribution in [1.29, 1.82) is 0 Å². The minimum Gasteiger partial charge on any atom is -0.420 e. The standard InChI is InChI=1S/C21H22ClF2N5O2/c22-21(23,24)31-17-3-1-16(2-4-17)25-10-15-9-18(19-5-7-27-28-19)20(26-11-15)29-8-6-14(12-29)13-30/h1-5,7,9,11,14,25,30H,6,8,10,12-13H2,(H,27,28). The van der Waals surface area contributed by atoms with Crippen LogP contribution in [0.5, 0.6) is 5.75 Å². The van der Waals surface area contributed by atoms with E-state index < -0.39 is 5.57 Å². The number of hydrogen-bond donors (Lipinski definition) is 3. The van der Waals surface area contributed by atoms with Gasteiger partial charge in [-0.1, -0.05) is 0 Å². The van der Waals surface area contributed by atoms with Crippen LogP contribution in [-0.2, 0) is 6.54 Å². The fourth-order valence-corrected chi connectivity index (χ4v) is 3.70. The zero-order chi connectivity index (χ0) is 21.8. The topological polar surface area (TPSA) is 86.3 Å². The Morgan fingerprint density at radius 2 is 2.10 bits per heavy atom. The van der Waals surface area contributed by atoms with Crippen LogP contribution in [0, 0.1) is 5.92 Å². The van der Waals surface area contributed by atoms with E-state index in [0.29, 0.717) is 6.54 Å².